The smallest absolute Gasteiger partial charge is 0.462 e. The maximum Gasteiger partial charge on any atom is 0.472 e. The van der Waals surface area contributed by atoms with Gasteiger partial charge in [0.15, 0.2) is 6.10 Å². The zero-order chi connectivity index (χ0) is 42.7. The van der Waals surface area contributed by atoms with E-state index in [4.69, 9.17) is 23.8 Å². The third-order valence-electron chi connectivity index (χ3n) is 9.73. The van der Waals surface area contributed by atoms with Gasteiger partial charge in [-0.25, -0.2) is 9.13 Å². The van der Waals surface area contributed by atoms with Crippen LogP contribution in [0.4, 0.5) is 0 Å². The van der Waals surface area contributed by atoms with Crippen molar-refractivity contribution in [2.24, 2.45) is 17.8 Å². The number of phosphoric acid groups is 2. The van der Waals surface area contributed by atoms with Crippen molar-refractivity contribution in [1.29, 1.82) is 0 Å². The van der Waals surface area contributed by atoms with Gasteiger partial charge in [0.2, 0.25) is 0 Å². The number of ketones is 1. The molecule has 1 aliphatic rings. The van der Waals surface area contributed by atoms with Crippen molar-refractivity contribution in [1.82, 2.24) is 0 Å². The lowest BCUT2D eigenvalue weighted by Crippen LogP contribution is -2.30. The molecule has 16 nitrogen and oxygen atoms in total. The Morgan fingerprint density at radius 2 is 1.32 bits per heavy atom. The second-order valence-electron chi connectivity index (χ2n) is 15.5. The van der Waals surface area contributed by atoms with E-state index in [9.17, 15) is 43.7 Å². The fourth-order valence-corrected chi connectivity index (χ4v) is 7.65. The molecule has 0 aromatic heterocycles. The zero-order valence-corrected chi connectivity index (χ0v) is 36.1. The molecule has 1 saturated carbocycles. The molecule has 57 heavy (non-hydrogen) atoms. The van der Waals surface area contributed by atoms with Crippen LogP contribution in [0, 0.1) is 17.8 Å². The van der Waals surface area contributed by atoms with E-state index in [0.717, 1.165) is 57.8 Å². The molecule has 6 N–H and O–H groups in total. The lowest BCUT2D eigenvalue weighted by Gasteiger charge is -2.20. The summed E-state index contributed by atoms with van der Waals surface area (Å²) in [6.45, 7) is 3.59. The summed E-state index contributed by atoms with van der Waals surface area (Å²) in [7, 11) is -9.74. The van der Waals surface area contributed by atoms with Gasteiger partial charge in [-0.05, 0) is 37.5 Å². The van der Waals surface area contributed by atoms with Crippen LogP contribution in [-0.4, -0.2) is 98.6 Å². The molecule has 0 amide bonds. The first-order valence-corrected chi connectivity index (χ1v) is 23.9. The molecule has 18 heteroatoms. The van der Waals surface area contributed by atoms with E-state index < -0.39 is 84.3 Å². The summed E-state index contributed by atoms with van der Waals surface area (Å²) in [5.41, 5.74) is 0. The first kappa shape index (κ1) is 53.5. The van der Waals surface area contributed by atoms with Crippen LogP contribution in [0.1, 0.15) is 149 Å². The monoisotopic (exact) mass is 858 g/mol. The van der Waals surface area contributed by atoms with Crippen LogP contribution < -0.4 is 0 Å². The standard InChI is InChI=1S/C39H72O16P2/c1-4-5-13-19-31(40)23-24-35-34(36(42)25-37(35)43)20-15-11-12-16-21-38(44)51-28-33(29-54-57(49,50)53-27-32(41)26-52-56(46,47)48)55-39(45)22-17-10-8-6-7-9-14-18-30(2)3/h23-24,30-36,40-42H,4-22,25-29H2,1-3H3,(H,49,50)(H2,46,47,48)/b24-23+/t31-,32-,33+,34+,35+,36-/m0/s1. The van der Waals surface area contributed by atoms with Crippen LogP contribution in [0.25, 0.3) is 0 Å². The number of carbonyl (C=O) groups excluding carboxylic acids is 3. The normalized spacial score (nSPS) is 20.2. The van der Waals surface area contributed by atoms with Gasteiger partial charge < -0.3 is 39.5 Å². The average molecular weight is 859 g/mol. The Morgan fingerprint density at radius 3 is 1.95 bits per heavy atom. The van der Waals surface area contributed by atoms with Gasteiger partial charge in [-0.2, -0.15) is 0 Å². The fraction of sp³-hybridized carbons (Fsp3) is 0.872. The molecule has 7 atom stereocenters. The van der Waals surface area contributed by atoms with E-state index in [2.05, 4.69) is 29.8 Å². The van der Waals surface area contributed by atoms with E-state index in [1.165, 1.54) is 19.3 Å². The number of Topliss-reactive ketones (excluding diaryl/α,β-unsaturated/α-hetero) is 1. The topological polar surface area (TPSA) is 253 Å². The Morgan fingerprint density at radius 1 is 0.754 bits per heavy atom. The van der Waals surface area contributed by atoms with Crippen molar-refractivity contribution in [3.05, 3.63) is 12.2 Å². The number of esters is 2. The molecule has 0 heterocycles. The maximum absolute atomic E-state index is 12.6. The largest absolute Gasteiger partial charge is 0.472 e. The highest BCUT2D eigenvalue weighted by Gasteiger charge is 2.39. The van der Waals surface area contributed by atoms with E-state index in [1.807, 2.05) is 0 Å². The number of phosphoric ester groups is 2. The average Bonchev–Trinajstić information content (AvgIpc) is 3.41. The molecule has 1 rings (SSSR count). The number of hydrogen-bond acceptors (Lipinski definition) is 13. The molecule has 0 aromatic carbocycles. The lowest BCUT2D eigenvalue weighted by molar-refractivity contribution is -0.161. The Hall–Kier alpha value is -1.55. The third-order valence-corrected chi connectivity index (χ3v) is 11.2. The van der Waals surface area contributed by atoms with E-state index in [-0.39, 0.29) is 31.0 Å². The number of aliphatic hydroxyl groups is 3. The number of aliphatic hydroxyl groups excluding tert-OH is 3. The first-order chi connectivity index (χ1) is 26.9. The minimum absolute atomic E-state index is 0.0285. The van der Waals surface area contributed by atoms with Crippen molar-refractivity contribution >= 4 is 33.4 Å². The highest BCUT2D eigenvalue weighted by molar-refractivity contribution is 7.47. The van der Waals surface area contributed by atoms with E-state index >= 15 is 0 Å². The van der Waals surface area contributed by atoms with Crippen molar-refractivity contribution in [3.8, 4) is 0 Å². The molecule has 1 fully saturated rings. The predicted molar refractivity (Wildman–Crippen MR) is 213 cm³/mol. The molecule has 1 aliphatic carbocycles. The van der Waals surface area contributed by atoms with Crippen LogP contribution in [0.3, 0.4) is 0 Å². The number of rotatable bonds is 35. The van der Waals surface area contributed by atoms with Gasteiger partial charge in [0.25, 0.3) is 0 Å². The molecule has 0 aliphatic heterocycles. The minimum atomic E-state index is -4.89. The number of carbonyl (C=O) groups is 3. The Balaban J connectivity index is 2.55. The second kappa shape index (κ2) is 30.5. The molecule has 0 radical (unpaired) electrons. The van der Waals surface area contributed by atoms with E-state index in [1.54, 1.807) is 12.2 Å². The summed E-state index contributed by atoms with van der Waals surface area (Å²) >= 11 is 0. The van der Waals surface area contributed by atoms with Gasteiger partial charge in [-0.15, -0.1) is 0 Å². The van der Waals surface area contributed by atoms with Crippen LogP contribution in [-0.2, 0) is 46.6 Å². The SMILES string of the molecule is CCCCC[C@H](O)/C=C/[C@H]1C(=O)C[C@H](O)[C@@H]1CCCCCCC(=O)OC[C@H](COP(=O)(O)OC[C@@H](O)COP(=O)(O)O)OC(=O)CCCCCCCCCC(C)C. The van der Waals surface area contributed by atoms with E-state index in [0.29, 0.717) is 38.0 Å². The van der Waals surface area contributed by atoms with Gasteiger partial charge >= 0.3 is 27.6 Å². The summed E-state index contributed by atoms with van der Waals surface area (Å²) in [6.07, 6.45) is 14.4. The predicted octanol–water partition coefficient (Wildman–Crippen LogP) is 6.62. The van der Waals surface area contributed by atoms with Crippen LogP contribution in [0.5, 0.6) is 0 Å². The van der Waals surface area contributed by atoms with Crippen LogP contribution in [0.15, 0.2) is 12.2 Å². The number of hydrogen-bond donors (Lipinski definition) is 6. The molecule has 0 bridgehead atoms. The lowest BCUT2D eigenvalue weighted by atomic mass is 9.88. The van der Waals surface area contributed by atoms with Crippen LogP contribution in [0.2, 0.25) is 0 Å². The molecular weight excluding hydrogens is 786 g/mol. The molecular formula is C39H72O16P2. The van der Waals surface area contributed by atoms with Crippen molar-refractivity contribution in [2.75, 3.05) is 26.4 Å². The molecule has 0 saturated heterocycles. The summed E-state index contributed by atoms with van der Waals surface area (Å²) in [5, 5.41) is 30.5. The molecule has 0 aromatic rings. The highest BCUT2D eigenvalue weighted by atomic mass is 31.2. The summed E-state index contributed by atoms with van der Waals surface area (Å²) in [5.74, 6) is -1.17. The highest BCUT2D eigenvalue weighted by Crippen LogP contribution is 2.44. The third kappa shape index (κ3) is 28.5. The fourth-order valence-electron chi connectivity index (χ4n) is 6.50. The Bertz CT molecular complexity index is 1240. The number of unbranched alkanes of at least 4 members (excludes halogenated alkanes) is 11. The Labute approximate surface area is 339 Å². The van der Waals surface area contributed by atoms with Crippen molar-refractivity contribution < 1.29 is 76.6 Å². The molecule has 1 unspecified atom stereocenters. The van der Waals surface area contributed by atoms with Crippen LogP contribution >= 0.6 is 15.6 Å². The van der Waals surface area contributed by atoms with Gasteiger partial charge in [0.1, 0.15) is 18.5 Å². The van der Waals surface area contributed by atoms with Gasteiger partial charge in [-0.3, -0.25) is 28.0 Å². The number of ether oxygens (including phenoxy) is 2. The van der Waals surface area contributed by atoms with Crippen molar-refractivity contribution in [3.63, 3.8) is 0 Å². The summed E-state index contributed by atoms with van der Waals surface area (Å²) in [6, 6.07) is 0. The number of allylic oxidation sites excluding steroid dienone is 1. The quantitative estimate of drug-likeness (QED) is 0.0170. The minimum Gasteiger partial charge on any atom is -0.462 e. The van der Waals surface area contributed by atoms with Gasteiger partial charge in [-0.1, -0.05) is 116 Å². The second-order valence-corrected chi connectivity index (χ2v) is 18.2. The molecule has 334 valence electrons. The Kier molecular flexibility index (Phi) is 28.6. The summed E-state index contributed by atoms with van der Waals surface area (Å²) in [4.78, 5) is 65.2. The van der Waals surface area contributed by atoms with Crippen molar-refractivity contribution in [2.45, 2.75) is 174 Å². The van der Waals surface area contributed by atoms with Gasteiger partial charge in [0, 0.05) is 25.2 Å². The molecule has 0 spiro atoms. The van der Waals surface area contributed by atoms with Gasteiger partial charge in [0.05, 0.1) is 32.0 Å². The summed E-state index contributed by atoms with van der Waals surface area (Å²) < 4.78 is 47.6. The maximum atomic E-state index is 12.6. The zero-order valence-electron chi connectivity index (χ0n) is 34.3. The first-order valence-electron chi connectivity index (χ1n) is 20.8.